The van der Waals surface area contributed by atoms with Crippen LogP contribution in [0.5, 0.6) is 0 Å². The van der Waals surface area contributed by atoms with Gasteiger partial charge in [0.05, 0.1) is 23.2 Å². The monoisotopic (exact) mass is 355 g/mol. The second kappa shape index (κ2) is 6.48. The first-order valence-corrected chi connectivity index (χ1v) is 10.2. The number of carbonyl (C=O) groups excluding carboxylic acids is 1. The van der Waals surface area contributed by atoms with Crippen LogP contribution in [-0.2, 0) is 21.2 Å². The number of nitrogens with zero attached hydrogens (tertiary/aromatic N) is 3. The van der Waals surface area contributed by atoms with Gasteiger partial charge in [-0.2, -0.15) is 0 Å². The summed E-state index contributed by atoms with van der Waals surface area (Å²) in [5.74, 6) is 1.11. The van der Waals surface area contributed by atoms with Gasteiger partial charge in [0, 0.05) is 39.0 Å². The molecule has 7 nitrogen and oxygen atoms in total. The zero-order valence-electron chi connectivity index (χ0n) is 14.4. The highest BCUT2D eigenvalue weighted by Crippen LogP contribution is 2.29. The quantitative estimate of drug-likeness (QED) is 0.796. The first-order chi connectivity index (χ1) is 11.2. The average molecular weight is 355 g/mol. The summed E-state index contributed by atoms with van der Waals surface area (Å²) < 4.78 is 29.6. The molecule has 134 valence electrons. The third kappa shape index (κ3) is 3.64. The molecule has 2 atom stereocenters. The Bertz CT molecular complexity index is 713. The Balaban J connectivity index is 1.78. The fourth-order valence-corrected chi connectivity index (χ4v) is 5.70. The number of hydrogen-bond donors (Lipinski definition) is 0. The van der Waals surface area contributed by atoms with Gasteiger partial charge in [-0.3, -0.25) is 9.69 Å². The fraction of sp³-hybridized carbons (Fsp3) is 0.750. The van der Waals surface area contributed by atoms with Crippen molar-refractivity contribution >= 4 is 15.7 Å². The van der Waals surface area contributed by atoms with Gasteiger partial charge in [0.1, 0.15) is 6.26 Å². The molecule has 0 spiro atoms. The SMILES string of the molecule is Cc1nc(CN2CCN(C(=O)CC(C)C)[C@@H]3CS(=O)(=O)C[C@@H]32)co1. The lowest BCUT2D eigenvalue weighted by molar-refractivity contribution is -0.137. The van der Waals surface area contributed by atoms with Crippen molar-refractivity contribution in [2.24, 2.45) is 5.92 Å². The minimum Gasteiger partial charge on any atom is -0.449 e. The number of sulfone groups is 1. The number of aryl methyl sites for hydroxylation is 1. The van der Waals surface area contributed by atoms with Crippen molar-refractivity contribution < 1.29 is 17.6 Å². The van der Waals surface area contributed by atoms with E-state index in [4.69, 9.17) is 4.42 Å². The highest BCUT2D eigenvalue weighted by Gasteiger charge is 2.47. The molecule has 24 heavy (non-hydrogen) atoms. The number of piperazine rings is 1. The van der Waals surface area contributed by atoms with Crippen molar-refractivity contribution in [3.8, 4) is 0 Å². The number of amides is 1. The predicted molar refractivity (Wildman–Crippen MR) is 89.0 cm³/mol. The lowest BCUT2D eigenvalue weighted by Crippen LogP contribution is -2.60. The largest absolute Gasteiger partial charge is 0.449 e. The Hall–Kier alpha value is -1.41. The first-order valence-electron chi connectivity index (χ1n) is 8.40. The van der Waals surface area contributed by atoms with Crippen molar-refractivity contribution in [2.75, 3.05) is 24.6 Å². The second-order valence-electron chi connectivity index (χ2n) is 7.23. The zero-order chi connectivity index (χ0) is 17.5. The third-order valence-electron chi connectivity index (χ3n) is 4.73. The molecule has 1 aromatic rings. The molecule has 0 radical (unpaired) electrons. The average Bonchev–Trinajstić information content (AvgIpc) is 3.00. The summed E-state index contributed by atoms with van der Waals surface area (Å²) >= 11 is 0. The number of rotatable bonds is 4. The summed E-state index contributed by atoms with van der Waals surface area (Å²) in [7, 11) is -3.12. The van der Waals surface area contributed by atoms with Gasteiger partial charge in [-0.1, -0.05) is 13.8 Å². The minimum atomic E-state index is -3.12. The van der Waals surface area contributed by atoms with Gasteiger partial charge in [-0.15, -0.1) is 0 Å². The molecule has 2 saturated heterocycles. The molecule has 0 N–H and O–H groups in total. The van der Waals surface area contributed by atoms with E-state index in [0.29, 0.717) is 31.9 Å². The van der Waals surface area contributed by atoms with Crippen LogP contribution in [0.2, 0.25) is 0 Å². The molecule has 2 aliphatic heterocycles. The number of aromatic nitrogens is 1. The van der Waals surface area contributed by atoms with E-state index in [1.807, 2.05) is 13.8 Å². The molecule has 0 unspecified atom stereocenters. The Labute approximate surface area is 142 Å². The Morgan fingerprint density at radius 3 is 2.67 bits per heavy atom. The van der Waals surface area contributed by atoms with E-state index in [1.54, 1.807) is 18.1 Å². The first kappa shape index (κ1) is 17.4. The molecule has 1 amide bonds. The van der Waals surface area contributed by atoms with Crippen LogP contribution in [0.25, 0.3) is 0 Å². The van der Waals surface area contributed by atoms with Gasteiger partial charge in [0.2, 0.25) is 5.91 Å². The van der Waals surface area contributed by atoms with E-state index in [9.17, 15) is 13.2 Å². The van der Waals surface area contributed by atoms with Crippen LogP contribution >= 0.6 is 0 Å². The molecule has 0 saturated carbocycles. The summed E-state index contributed by atoms with van der Waals surface area (Å²) in [6.45, 7) is 7.58. The maximum atomic E-state index is 12.5. The van der Waals surface area contributed by atoms with E-state index >= 15 is 0 Å². The molecule has 1 aromatic heterocycles. The number of oxazole rings is 1. The Kier molecular flexibility index (Phi) is 4.70. The normalized spacial score (nSPS) is 26.8. The highest BCUT2D eigenvalue weighted by atomic mass is 32.2. The van der Waals surface area contributed by atoms with Gasteiger partial charge in [0.15, 0.2) is 15.7 Å². The van der Waals surface area contributed by atoms with Crippen LogP contribution in [0.15, 0.2) is 10.7 Å². The van der Waals surface area contributed by atoms with E-state index in [2.05, 4.69) is 9.88 Å². The van der Waals surface area contributed by atoms with Crippen molar-refractivity contribution in [1.82, 2.24) is 14.8 Å². The van der Waals surface area contributed by atoms with E-state index in [1.165, 1.54) is 0 Å². The second-order valence-corrected chi connectivity index (χ2v) is 9.38. The van der Waals surface area contributed by atoms with Crippen molar-refractivity contribution in [3.63, 3.8) is 0 Å². The van der Waals surface area contributed by atoms with E-state index in [0.717, 1.165) is 5.69 Å². The Morgan fingerprint density at radius 2 is 2.04 bits per heavy atom. The van der Waals surface area contributed by atoms with Crippen molar-refractivity contribution in [1.29, 1.82) is 0 Å². The lowest BCUT2D eigenvalue weighted by atomic mass is 10.0. The maximum Gasteiger partial charge on any atom is 0.223 e. The predicted octanol–water partition coefficient (Wildman–Crippen LogP) is 0.839. The summed E-state index contributed by atoms with van der Waals surface area (Å²) in [5, 5.41) is 0. The van der Waals surface area contributed by atoms with Crippen molar-refractivity contribution in [3.05, 3.63) is 17.8 Å². The molecule has 3 heterocycles. The van der Waals surface area contributed by atoms with Crippen LogP contribution in [0, 0.1) is 12.8 Å². The summed E-state index contributed by atoms with van der Waals surface area (Å²) in [4.78, 5) is 20.7. The maximum absolute atomic E-state index is 12.5. The highest BCUT2D eigenvalue weighted by molar-refractivity contribution is 7.91. The number of fused-ring (bicyclic) bond motifs is 1. The van der Waals surface area contributed by atoms with Crippen molar-refractivity contribution in [2.45, 2.75) is 45.8 Å². The Morgan fingerprint density at radius 1 is 1.33 bits per heavy atom. The van der Waals surface area contributed by atoms with Gasteiger partial charge in [-0.05, 0) is 5.92 Å². The molecule has 0 aliphatic carbocycles. The van der Waals surface area contributed by atoms with E-state index in [-0.39, 0.29) is 35.4 Å². The van der Waals surface area contributed by atoms with Crippen LogP contribution < -0.4 is 0 Å². The molecule has 2 aliphatic rings. The molecular weight excluding hydrogens is 330 g/mol. The summed E-state index contributed by atoms with van der Waals surface area (Å²) in [6, 6.07) is -0.403. The lowest BCUT2D eigenvalue weighted by Gasteiger charge is -2.43. The summed E-state index contributed by atoms with van der Waals surface area (Å²) in [6.07, 6.45) is 2.08. The van der Waals surface area contributed by atoms with Gasteiger partial charge in [-0.25, -0.2) is 13.4 Å². The fourth-order valence-electron chi connectivity index (χ4n) is 3.69. The molecule has 3 rings (SSSR count). The van der Waals surface area contributed by atoms with Crippen LogP contribution in [0.4, 0.5) is 0 Å². The topological polar surface area (TPSA) is 83.7 Å². The molecule has 0 aromatic carbocycles. The minimum absolute atomic E-state index is 0.0639. The standard InChI is InChI=1S/C16H25N3O4S/c1-11(2)6-16(20)19-5-4-18(7-13-8-23-12(3)17-13)14-9-24(21,22)10-15(14)19/h8,11,14-15H,4-7,9-10H2,1-3H3/t14-,15+/m0/s1. The van der Waals surface area contributed by atoms with E-state index < -0.39 is 9.84 Å². The van der Waals surface area contributed by atoms with Gasteiger partial charge in [0.25, 0.3) is 0 Å². The van der Waals surface area contributed by atoms with Crippen LogP contribution in [-0.4, -0.2) is 65.8 Å². The third-order valence-corrected chi connectivity index (χ3v) is 6.42. The summed E-state index contributed by atoms with van der Waals surface area (Å²) in [5.41, 5.74) is 0.803. The number of hydrogen-bond acceptors (Lipinski definition) is 6. The smallest absolute Gasteiger partial charge is 0.223 e. The zero-order valence-corrected chi connectivity index (χ0v) is 15.3. The molecule has 2 fully saturated rings. The van der Waals surface area contributed by atoms with Crippen LogP contribution in [0.1, 0.15) is 31.9 Å². The molecule has 8 heteroatoms. The molecule has 0 bridgehead atoms. The number of carbonyl (C=O) groups is 1. The van der Waals surface area contributed by atoms with Gasteiger partial charge >= 0.3 is 0 Å². The van der Waals surface area contributed by atoms with Gasteiger partial charge < -0.3 is 9.32 Å². The molecular formula is C16H25N3O4S. The van der Waals surface area contributed by atoms with Crippen LogP contribution in [0.3, 0.4) is 0 Å².